The van der Waals surface area contributed by atoms with Crippen LogP contribution in [0.2, 0.25) is 0 Å². The van der Waals surface area contributed by atoms with Gasteiger partial charge in [-0.15, -0.1) is 0 Å². The molecule has 1 aliphatic rings. The minimum Gasteiger partial charge on any atom is -0.469 e. The van der Waals surface area contributed by atoms with Crippen molar-refractivity contribution in [3.63, 3.8) is 0 Å². The van der Waals surface area contributed by atoms with E-state index >= 15 is 0 Å². The lowest BCUT2D eigenvalue weighted by molar-refractivity contribution is -0.155. The molecule has 4 heteroatoms. The molecule has 0 fully saturated rings. The van der Waals surface area contributed by atoms with E-state index in [0.29, 0.717) is 12.8 Å². The fourth-order valence-corrected chi connectivity index (χ4v) is 2.90. The average molecular weight is 301 g/mol. The van der Waals surface area contributed by atoms with Crippen LogP contribution in [0.1, 0.15) is 38.3 Å². The van der Waals surface area contributed by atoms with Gasteiger partial charge in [-0.2, -0.15) is 0 Å². The second kappa shape index (κ2) is 6.77. The first-order valence-corrected chi connectivity index (χ1v) is 7.57. The van der Waals surface area contributed by atoms with Gasteiger partial charge in [-0.3, -0.25) is 9.59 Å². The molecule has 0 unspecified atom stereocenters. The molecule has 0 saturated carbocycles. The number of hydrogen-bond acceptors (Lipinski definition) is 3. The van der Waals surface area contributed by atoms with Crippen LogP contribution in [0.15, 0.2) is 42.5 Å². The van der Waals surface area contributed by atoms with E-state index < -0.39 is 11.3 Å². The first-order valence-electron chi connectivity index (χ1n) is 7.57. The van der Waals surface area contributed by atoms with Crippen molar-refractivity contribution in [2.75, 3.05) is 7.11 Å². The second-order valence-electron chi connectivity index (χ2n) is 6.01. The standard InChI is InChI=1S/C18H23NO3/c1-13(14-9-5-4-6-10-14)19-17(21)18(2)12-8-7-11-15(18)16(20)22-3/h4-10,13,15H,11-12H2,1-3H3,(H,19,21)/t13-,15-,18+/m1/s1. The molecule has 1 aliphatic carbocycles. The maximum Gasteiger partial charge on any atom is 0.310 e. The third-order valence-corrected chi connectivity index (χ3v) is 4.50. The maximum atomic E-state index is 12.8. The minimum atomic E-state index is -0.773. The van der Waals surface area contributed by atoms with Crippen molar-refractivity contribution in [2.24, 2.45) is 11.3 Å². The van der Waals surface area contributed by atoms with E-state index in [1.807, 2.05) is 56.3 Å². The fraction of sp³-hybridized carbons (Fsp3) is 0.444. The smallest absolute Gasteiger partial charge is 0.310 e. The molecule has 1 N–H and O–H groups in total. The van der Waals surface area contributed by atoms with Gasteiger partial charge in [-0.25, -0.2) is 0 Å². The Bertz CT molecular complexity index is 567. The molecule has 0 aromatic heterocycles. The zero-order valence-corrected chi connectivity index (χ0v) is 13.3. The van der Waals surface area contributed by atoms with Crippen LogP contribution < -0.4 is 5.32 Å². The Morgan fingerprint density at radius 2 is 1.95 bits per heavy atom. The van der Waals surface area contributed by atoms with Crippen LogP contribution in [0.25, 0.3) is 0 Å². The average Bonchev–Trinajstić information content (AvgIpc) is 2.55. The third kappa shape index (κ3) is 3.21. The molecule has 0 spiro atoms. The van der Waals surface area contributed by atoms with Gasteiger partial charge in [0.25, 0.3) is 0 Å². The Morgan fingerprint density at radius 1 is 1.27 bits per heavy atom. The first-order chi connectivity index (χ1) is 10.5. The van der Waals surface area contributed by atoms with Crippen LogP contribution in [0, 0.1) is 11.3 Å². The van der Waals surface area contributed by atoms with Crippen LogP contribution in [0.4, 0.5) is 0 Å². The highest BCUT2D eigenvalue weighted by Gasteiger charge is 2.46. The SMILES string of the molecule is COC(=O)[C@H]1CC=CC[C@]1(C)C(=O)N[C@H](C)c1ccccc1. The summed E-state index contributed by atoms with van der Waals surface area (Å²) in [6.45, 7) is 3.79. The van der Waals surface area contributed by atoms with E-state index in [1.54, 1.807) is 0 Å². The molecule has 1 amide bonds. The number of carbonyl (C=O) groups is 2. The number of ether oxygens (including phenoxy) is 1. The number of carbonyl (C=O) groups excluding carboxylic acids is 2. The number of allylic oxidation sites excluding steroid dienone is 2. The normalized spacial score (nSPS) is 25.3. The topological polar surface area (TPSA) is 55.4 Å². The highest BCUT2D eigenvalue weighted by atomic mass is 16.5. The van der Waals surface area contributed by atoms with Gasteiger partial charge in [0, 0.05) is 0 Å². The summed E-state index contributed by atoms with van der Waals surface area (Å²) >= 11 is 0. The Hall–Kier alpha value is -2.10. The molecule has 2 rings (SSSR count). The molecule has 118 valence electrons. The number of hydrogen-bond donors (Lipinski definition) is 1. The van der Waals surface area contributed by atoms with E-state index in [9.17, 15) is 9.59 Å². The van der Waals surface area contributed by atoms with Gasteiger partial charge in [0.1, 0.15) is 0 Å². The number of rotatable bonds is 4. The Kier molecular flexibility index (Phi) is 5.01. The monoisotopic (exact) mass is 301 g/mol. The van der Waals surface area contributed by atoms with Crippen molar-refractivity contribution in [1.29, 1.82) is 0 Å². The summed E-state index contributed by atoms with van der Waals surface area (Å²) in [6, 6.07) is 9.69. The molecule has 4 nitrogen and oxygen atoms in total. The Morgan fingerprint density at radius 3 is 2.59 bits per heavy atom. The van der Waals surface area contributed by atoms with Gasteiger partial charge in [0.15, 0.2) is 0 Å². The van der Waals surface area contributed by atoms with E-state index in [0.717, 1.165) is 5.56 Å². The minimum absolute atomic E-state index is 0.102. The number of benzene rings is 1. The van der Waals surface area contributed by atoms with Gasteiger partial charge in [0.05, 0.1) is 24.5 Å². The molecular formula is C18H23NO3. The van der Waals surface area contributed by atoms with Gasteiger partial charge in [-0.05, 0) is 32.3 Å². The molecule has 0 saturated heterocycles. The highest BCUT2D eigenvalue weighted by molar-refractivity contribution is 5.89. The van der Waals surface area contributed by atoms with Crippen LogP contribution >= 0.6 is 0 Å². The molecular weight excluding hydrogens is 278 g/mol. The quantitative estimate of drug-likeness (QED) is 0.687. The van der Waals surface area contributed by atoms with Gasteiger partial charge >= 0.3 is 5.97 Å². The summed E-state index contributed by atoms with van der Waals surface area (Å²) in [6.07, 6.45) is 4.99. The van der Waals surface area contributed by atoms with Crippen LogP contribution in [0.3, 0.4) is 0 Å². The van der Waals surface area contributed by atoms with Crippen molar-refractivity contribution < 1.29 is 14.3 Å². The number of esters is 1. The fourth-order valence-electron chi connectivity index (χ4n) is 2.90. The summed E-state index contributed by atoms with van der Waals surface area (Å²) in [5.41, 5.74) is 0.269. The van der Waals surface area contributed by atoms with Crippen LogP contribution in [0.5, 0.6) is 0 Å². The van der Waals surface area contributed by atoms with Crippen LogP contribution in [-0.2, 0) is 14.3 Å². The lowest BCUT2D eigenvalue weighted by Gasteiger charge is -2.36. The predicted octanol–water partition coefficient (Wildman–Crippen LogP) is 3.01. The molecule has 3 atom stereocenters. The maximum absolute atomic E-state index is 12.8. The van der Waals surface area contributed by atoms with Crippen molar-refractivity contribution in [2.45, 2.75) is 32.7 Å². The summed E-state index contributed by atoms with van der Waals surface area (Å²) in [7, 11) is 1.37. The van der Waals surface area contributed by atoms with E-state index in [2.05, 4.69) is 5.32 Å². The first kappa shape index (κ1) is 16.3. The lowest BCUT2D eigenvalue weighted by Crippen LogP contribution is -2.48. The molecule has 0 bridgehead atoms. The summed E-state index contributed by atoms with van der Waals surface area (Å²) in [5, 5.41) is 3.03. The van der Waals surface area contributed by atoms with Gasteiger partial charge < -0.3 is 10.1 Å². The van der Waals surface area contributed by atoms with E-state index in [-0.39, 0.29) is 17.9 Å². The second-order valence-corrected chi connectivity index (χ2v) is 6.01. The molecule has 22 heavy (non-hydrogen) atoms. The van der Waals surface area contributed by atoms with Crippen molar-refractivity contribution in [3.05, 3.63) is 48.0 Å². The number of methoxy groups -OCH3 is 1. The highest BCUT2D eigenvalue weighted by Crippen LogP contribution is 2.39. The van der Waals surface area contributed by atoms with Gasteiger partial charge in [-0.1, -0.05) is 42.5 Å². The molecule has 1 aromatic rings. The van der Waals surface area contributed by atoms with Crippen molar-refractivity contribution in [3.8, 4) is 0 Å². The Labute approximate surface area is 131 Å². The van der Waals surface area contributed by atoms with Crippen molar-refractivity contribution in [1.82, 2.24) is 5.32 Å². The predicted molar refractivity (Wildman–Crippen MR) is 85.0 cm³/mol. The summed E-state index contributed by atoms with van der Waals surface area (Å²) in [5.74, 6) is -0.872. The third-order valence-electron chi connectivity index (χ3n) is 4.50. The largest absolute Gasteiger partial charge is 0.469 e. The van der Waals surface area contributed by atoms with E-state index in [4.69, 9.17) is 4.74 Å². The zero-order valence-electron chi connectivity index (χ0n) is 13.3. The molecule has 1 aromatic carbocycles. The van der Waals surface area contributed by atoms with Gasteiger partial charge in [0.2, 0.25) is 5.91 Å². The van der Waals surface area contributed by atoms with Crippen LogP contribution in [-0.4, -0.2) is 19.0 Å². The Balaban J connectivity index is 2.15. The molecule has 0 heterocycles. The van der Waals surface area contributed by atoms with E-state index in [1.165, 1.54) is 7.11 Å². The zero-order chi connectivity index (χ0) is 16.2. The number of nitrogens with one attached hydrogen (secondary N) is 1. The summed E-state index contributed by atoms with van der Waals surface area (Å²) in [4.78, 5) is 24.8. The summed E-state index contributed by atoms with van der Waals surface area (Å²) < 4.78 is 4.87. The molecule has 0 radical (unpaired) electrons. The number of amides is 1. The molecule has 0 aliphatic heterocycles. The lowest BCUT2D eigenvalue weighted by atomic mass is 9.69. The van der Waals surface area contributed by atoms with Crippen molar-refractivity contribution >= 4 is 11.9 Å².